The molecule has 2 aromatic rings. The van der Waals surface area contributed by atoms with E-state index in [0.29, 0.717) is 0 Å². The zero-order chi connectivity index (χ0) is 19.9. The van der Waals surface area contributed by atoms with Crippen LogP contribution in [-0.4, -0.2) is 33.2 Å². The molecule has 1 atom stereocenters. The van der Waals surface area contributed by atoms with Gasteiger partial charge in [0.1, 0.15) is 0 Å². The average molecular weight is 385 g/mol. The molecular formula is C22H28O4Si. The highest BCUT2D eigenvalue weighted by Gasteiger charge is 2.47. The molecule has 0 aliphatic carbocycles. The van der Waals surface area contributed by atoms with Crippen LogP contribution in [0.2, 0.25) is 13.1 Å². The van der Waals surface area contributed by atoms with E-state index in [1.165, 1.54) is 5.19 Å². The average Bonchev–Trinajstić information content (AvgIpc) is 2.67. The van der Waals surface area contributed by atoms with Crippen molar-refractivity contribution in [3.8, 4) is 0 Å². The molecule has 0 heterocycles. The molecule has 0 spiro atoms. The van der Waals surface area contributed by atoms with Gasteiger partial charge in [0.25, 0.3) is 0 Å². The summed E-state index contributed by atoms with van der Waals surface area (Å²) in [6.45, 7) is 8.32. The Bertz CT molecular complexity index is 725. The quantitative estimate of drug-likeness (QED) is 0.396. The van der Waals surface area contributed by atoms with Crippen molar-refractivity contribution in [2.24, 2.45) is 5.92 Å². The molecule has 1 unspecified atom stereocenters. The molecule has 5 heteroatoms. The Kier molecular flexibility index (Phi) is 7.36. The Morgan fingerprint density at radius 3 is 1.70 bits per heavy atom. The van der Waals surface area contributed by atoms with E-state index in [2.05, 4.69) is 25.2 Å². The molecule has 0 aromatic heterocycles. The number of ether oxygens (including phenoxy) is 2. The monoisotopic (exact) mass is 384 g/mol. The van der Waals surface area contributed by atoms with E-state index < -0.39 is 25.9 Å². The van der Waals surface area contributed by atoms with Crippen molar-refractivity contribution in [1.82, 2.24) is 0 Å². The van der Waals surface area contributed by atoms with Gasteiger partial charge in [-0.15, -0.1) is 0 Å². The van der Waals surface area contributed by atoms with Gasteiger partial charge in [-0.05, 0) is 19.4 Å². The number of benzene rings is 2. The minimum absolute atomic E-state index is 0.226. The van der Waals surface area contributed by atoms with E-state index in [4.69, 9.17) is 9.47 Å². The lowest BCUT2D eigenvalue weighted by atomic mass is 9.98. The topological polar surface area (TPSA) is 52.6 Å². The molecule has 2 aromatic carbocycles. The van der Waals surface area contributed by atoms with Gasteiger partial charge in [-0.1, -0.05) is 78.9 Å². The first kappa shape index (κ1) is 20.9. The van der Waals surface area contributed by atoms with Crippen LogP contribution in [0.1, 0.15) is 25.0 Å². The SMILES string of the molecule is CCOC(=O)C(C(=O)OCC)C(c1ccccc1)[Si](C)(C)c1ccccc1. The van der Waals surface area contributed by atoms with Crippen molar-refractivity contribution in [2.75, 3.05) is 13.2 Å². The highest BCUT2D eigenvalue weighted by atomic mass is 28.3. The third kappa shape index (κ3) is 4.86. The molecule has 0 aliphatic heterocycles. The summed E-state index contributed by atoms with van der Waals surface area (Å²) >= 11 is 0. The predicted octanol–water partition coefficient (Wildman–Crippen LogP) is 3.67. The van der Waals surface area contributed by atoms with Crippen LogP contribution < -0.4 is 5.19 Å². The summed E-state index contributed by atoms with van der Waals surface area (Å²) in [6.07, 6.45) is 0. The molecule has 0 N–H and O–H groups in total. The van der Waals surface area contributed by atoms with Crippen molar-refractivity contribution in [1.29, 1.82) is 0 Å². The fraction of sp³-hybridized carbons (Fsp3) is 0.364. The predicted molar refractivity (Wildman–Crippen MR) is 109 cm³/mol. The van der Waals surface area contributed by atoms with Gasteiger partial charge in [0.15, 0.2) is 5.92 Å². The zero-order valence-electron chi connectivity index (χ0n) is 16.5. The Morgan fingerprint density at radius 1 is 0.815 bits per heavy atom. The second kappa shape index (κ2) is 9.51. The first-order chi connectivity index (χ1) is 12.9. The molecule has 27 heavy (non-hydrogen) atoms. The van der Waals surface area contributed by atoms with Crippen LogP contribution in [0.4, 0.5) is 0 Å². The third-order valence-corrected chi connectivity index (χ3v) is 8.91. The van der Waals surface area contributed by atoms with E-state index in [1.807, 2.05) is 48.5 Å². The highest BCUT2D eigenvalue weighted by Crippen LogP contribution is 2.36. The molecule has 0 aliphatic rings. The van der Waals surface area contributed by atoms with E-state index in [1.54, 1.807) is 13.8 Å². The molecule has 0 bridgehead atoms. The summed E-state index contributed by atoms with van der Waals surface area (Å²) in [5.41, 5.74) is 0.670. The summed E-state index contributed by atoms with van der Waals surface area (Å²) in [5.74, 6) is -2.00. The molecule has 0 saturated heterocycles. The molecule has 0 fully saturated rings. The lowest BCUT2D eigenvalue weighted by Gasteiger charge is -2.37. The van der Waals surface area contributed by atoms with Gasteiger partial charge in [0.2, 0.25) is 0 Å². The standard InChI is InChI=1S/C22H28O4Si/c1-5-25-21(23)19(22(24)26-6-2)20(17-13-9-7-10-14-17)27(3,4)18-15-11-8-12-16-18/h7-16,19-20H,5-6H2,1-4H3. The van der Waals surface area contributed by atoms with Crippen molar-refractivity contribution >= 4 is 25.2 Å². The molecule has 0 saturated carbocycles. The van der Waals surface area contributed by atoms with Gasteiger partial charge < -0.3 is 9.47 Å². The van der Waals surface area contributed by atoms with Gasteiger partial charge in [-0.25, -0.2) is 0 Å². The van der Waals surface area contributed by atoms with E-state index >= 15 is 0 Å². The summed E-state index contributed by atoms with van der Waals surface area (Å²) in [6, 6.07) is 19.9. The lowest BCUT2D eigenvalue weighted by Crippen LogP contribution is -2.53. The molecule has 0 radical (unpaired) electrons. The van der Waals surface area contributed by atoms with Crippen LogP contribution in [0.3, 0.4) is 0 Å². The minimum atomic E-state index is -2.30. The van der Waals surface area contributed by atoms with Gasteiger partial charge in [-0.2, -0.15) is 0 Å². The molecule has 144 valence electrons. The second-order valence-electron chi connectivity index (χ2n) is 6.96. The number of esters is 2. The molecule has 2 rings (SSSR count). The number of carbonyl (C=O) groups is 2. The number of hydrogen-bond acceptors (Lipinski definition) is 4. The van der Waals surface area contributed by atoms with Crippen molar-refractivity contribution in [3.05, 3.63) is 66.2 Å². The highest BCUT2D eigenvalue weighted by molar-refractivity contribution is 6.91. The maximum Gasteiger partial charge on any atom is 0.320 e. The van der Waals surface area contributed by atoms with Crippen LogP contribution >= 0.6 is 0 Å². The van der Waals surface area contributed by atoms with E-state index in [9.17, 15) is 9.59 Å². The van der Waals surface area contributed by atoms with Crippen molar-refractivity contribution < 1.29 is 19.1 Å². The van der Waals surface area contributed by atoms with Crippen LogP contribution in [0.15, 0.2) is 60.7 Å². The summed E-state index contributed by atoms with van der Waals surface area (Å²) in [5, 5.41) is 1.18. The van der Waals surface area contributed by atoms with Crippen LogP contribution in [0, 0.1) is 5.92 Å². The number of hydrogen-bond donors (Lipinski definition) is 0. The lowest BCUT2D eigenvalue weighted by molar-refractivity contribution is -0.161. The largest absolute Gasteiger partial charge is 0.465 e. The van der Waals surface area contributed by atoms with Crippen LogP contribution in [-0.2, 0) is 19.1 Å². The smallest absolute Gasteiger partial charge is 0.320 e. The van der Waals surface area contributed by atoms with Crippen molar-refractivity contribution in [2.45, 2.75) is 32.5 Å². The van der Waals surface area contributed by atoms with Crippen LogP contribution in [0.5, 0.6) is 0 Å². The maximum atomic E-state index is 12.9. The van der Waals surface area contributed by atoms with Gasteiger partial charge in [0, 0.05) is 5.54 Å². The molecule has 0 amide bonds. The fourth-order valence-corrected chi connectivity index (χ4v) is 7.11. The first-order valence-electron chi connectivity index (χ1n) is 9.37. The Morgan fingerprint density at radius 2 is 1.26 bits per heavy atom. The summed E-state index contributed by atoms with van der Waals surface area (Å²) < 4.78 is 10.6. The molecule has 4 nitrogen and oxygen atoms in total. The number of carbonyl (C=O) groups excluding carboxylic acids is 2. The maximum absolute atomic E-state index is 12.9. The number of rotatable bonds is 8. The summed E-state index contributed by atoms with van der Waals surface area (Å²) in [4.78, 5) is 25.7. The van der Waals surface area contributed by atoms with Crippen molar-refractivity contribution in [3.63, 3.8) is 0 Å². The van der Waals surface area contributed by atoms with Gasteiger partial charge in [0.05, 0.1) is 21.3 Å². The Labute approximate surface area is 162 Å². The normalized spacial score (nSPS) is 12.5. The first-order valence-corrected chi connectivity index (χ1v) is 12.4. The van der Waals surface area contributed by atoms with E-state index in [0.717, 1.165) is 5.56 Å². The second-order valence-corrected chi connectivity index (χ2v) is 11.6. The Hall–Kier alpha value is -2.40. The van der Waals surface area contributed by atoms with Gasteiger partial charge >= 0.3 is 11.9 Å². The molecular weight excluding hydrogens is 356 g/mol. The van der Waals surface area contributed by atoms with Gasteiger partial charge in [-0.3, -0.25) is 9.59 Å². The zero-order valence-corrected chi connectivity index (χ0v) is 17.5. The summed E-state index contributed by atoms with van der Waals surface area (Å²) in [7, 11) is -2.30. The van der Waals surface area contributed by atoms with Crippen LogP contribution in [0.25, 0.3) is 0 Å². The van der Waals surface area contributed by atoms with E-state index in [-0.39, 0.29) is 18.8 Å². The fourth-order valence-electron chi connectivity index (χ4n) is 3.57. The Balaban J connectivity index is 2.62. The third-order valence-electron chi connectivity index (χ3n) is 4.87. The minimum Gasteiger partial charge on any atom is -0.465 e.